The molecular formula is C19H28N4O3. The Bertz CT molecular complexity index is 643. The number of carbonyl (C=O) groups is 2. The molecular weight excluding hydrogens is 332 g/mol. The summed E-state index contributed by atoms with van der Waals surface area (Å²) >= 11 is 0. The monoisotopic (exact) mass is 360 g/mol. The lowest BCUT2D eigenvalue weighted by Crippen LogP contribution is -2.50. The lowest BCUT2D eigenvalue weighted by molar-refractivity contribution is -0.127. The van der Waals surface area contributed by atoms with Crippen LogP contribution in [0, 0.1) is 11.8 Å². The molecule has 0 aromatic carbocycles. The Balaban J connectivity index is 1.56. The second-order valence-electron chi connectivity index (χ2n) is 7.53. The van der Waals surface area contributed by atoms with E-state index in [0.29, 0.717) is 5.88 Å². The fraction of sp³-hybridized carbons (Fsp3) is 0.684. The second kappa shape index (κ2) is 8.47. The quantitative estimate of drug-likeness (QED) is 0.838. The van der Waals surface area contributed by atoms with Crippen molar-refractivity contribution in [2.24, 2.45) is 11.8 Å². The lowest BCUT2D eigenvalue weighted by Gasteiger charge is -2.28. The van der Waals surface area contributed by atoms with E-state index >= 15 is 0 Å². The number of rotatable bonds is 5. The van der Waals surface area contributed by atoms with Gasteiger partial charge in [0.05, 0.1) is 19.5 Å². The van der Waals surface area contributed by atoms with Gasteiger partial charge in [0.15, 0.2) is 0 Å². The molecule has 7 nitrogen and oxygen atoms in total. The number of hydrogen-bond acceptors (Lipinski definition) is 5. The molecule has 2 fully saturated rings. The van der Waals surface area contributed by atoms with Crippen LogP contribution in [0.15, 0.2) is 12.4 Å². The molecule has 1 aromatic rings. The summed E-state index contributed by atoms with van der Waals surface area (Å²) in [5, 5.41) is 6.18. The Kier molecular flexibility index (Phi) is 6.06. The van der Waals surface area contributed by atoms with Gasteiger partial charge in [-0.3, -0.25) is 14.6 Å². The largest absolute Gasteiger partial charge is 0.480 e. The van der Waals surface area contributed by atoms with Crippen LogP contribution in [-0.2, 0) is 4.79 Å². The van der Waals surface area contributed by atoms with Crippen molar-refractivity contribution in [2.45, 2.75) is 64.0 Å². The van der Waals surface area contributed by atoms with Crippen LogP contribution in [0.25, 0.3) is 0 Å². The van der Waals surface area contributed by atoms with Gasteiger partial charge in [-0.25, -0.2) is 4.98 Å². The van der Waals surface area contributed by atoms with Gasteiger partial charge in [0, 0.05) is 18.0 Å². The molecule has 2 amide bonds. The van der Waals surface area contributed by atoms with Crippen LogP contribution in [0.3, 0.4) is 0 Å². The van der Waals surface area contributed by atoms with Gasteiger partial charge in [0.2, 0.25) is 11.8 Å². The van der Waals surface area contributed by atoms with Crippen molar-refractivity contribution >= 4 is 11.8 Å². The number of nitrogens with zero attached hydrogens (tertiary/aromatic N) is 2. The van der Waals surface area contributed by atoms with Crippen molar-refractivity contribution in [1.82, 2.24) is 20.6 Å². The third kappa shape index (κ3) is 4.51. The maximum atomic E-state index is 12.6. The summed E-state index contributed by atoms with van der Waals surface area (Å²) in [5.41, 5.74) is 0.225. The molecule has 142 valence electrons. The molecule has 0 radical (unpaired) electrons. The number of methoxy groups -OCH3 is 1. The van der Waals surface area contributed by atoms with Crippen molar-refractivity contribution in [1.29, 1.82) is 0 Å². The van der Waals surface area contributed by atoms with Crippen molar-refractivity contribution in [2.75, 3.05) is 7.11 Å². The standard InChI is InChI=1S/C19H28N4O3/c1-12-6-8-13(9-7-12)18(24)22-14-4-3-5-15(14)23-19(25)16-10-20-11-17(21-16)26-2/h10-15H,3-9H2,1-2H3,(H,22,24)(H,23,25)/t12?,13?,14-,15+/m1/s1. The number of carbonyl (C=O) groups excluding carboxylic acids is 2. The highest BCUT2D eigenvalue weighted by Crippen LogP contribution is 2.29. The number of aromatic nitrogens is 2. The molecule has 0 aliphatic heterocycles. The van der Waals surface area contributed by atoms with E-state index in [1.165, 1.54) is 19.5 Å². The first-order valence-electron chi connectivity index (χ1n) is 9.54. The van der Waals surface area contributed by atoms with E-state index in [4.69, 9.17) is 4.74 Å². The van der Waals surface area contributed by atoms with Gasteiger partial charge in [-0.1, -0.05) is 6.92 Å². The molecule has 1 aromatic heterocycles. The summed E-state index contributed by atoms with van der Waals surface area (Å²) in [4.78, 5) is 33.1. The van der Waals surface area contributed by atoms with Crippen LogP contribution in [0.5, 0.6) is 5.88 Å². The fourth-order valence-electron chi connectivity index (χ4n) is 3.93. The summed E-state index contributed by atoms with van der Waals surface area (Å²) in [6.45, 7) is 2.25. The summed E-state index contributed by atoms with van der Waals surface area (Å²) in [5.74, 6) is 1.01. The summed E-state index contributed by atoms with van der Waals surface area (Å²) in [6, 6.07) is -0.0775. The van der Waals surface area contributed by atoms with E-state index in [-0.39, 0.29) is 35.5 Å². The predicted octanol–water partition coefficient (Wildman–Crippen LogP) is 2.08. The minimum atomic E-state index is -0.283. The summed E-state index contributed by atoms with van der Waals surface area (Å²) < 4.78 is 5.01. The van der Waals surface area contributed by atoms with Crippen LogP contribution in [0.1, 0.15) is 62.4 Å². The van der Waals surface area contributed by atoms with Crippen molar-refractivity contribution in [3.8, 4) is 5.88 Å². The first kappa shape index (κ1) is 18.6. The van der Waals surface area contributed by atoms with Crippen LogP contribution < -0.4 is 15.4 Å². The first-order valence-corrected chi connectivity index (χ1v) is 9.54. The zero-order valence-electron chi connectivity index (χ0n) is 15.5. The van der Waals surface area contributed by atoms with E-state index in [1.807, 2.05) is 0 Å². The summed E-state index contributed by atoms with van der Waals surface area (Å²) in [6.07, 6.45) is 9.80. The zero-order chi connectivity index (χ0) is 18.5. The van der Waals surface area contributed by atoms with Gasteiger partial charge >= 0.3 is 0 Å². The average molecular weight is 360 g/mol. The van der Waals surface area contributed by atoms with Crippen LogP contribution in [0.4, 0.5) is 0 Å². The minimum Gasteiger partial charge on any atom is -0.480 e. The second-order valence-corrected chi connectivity index (χ2v) is 7.53. The topological polar surface area (TPSA) is 93.2 Å². The highest BCUT2D eigenvalue weighted by molar-refractivity contribution is 5.92. The molecule has 0 saturated heterocycles. The molecule has 26 heavy (non-hydrogen) atoms. The maximum absolute atomic E-state index is 12.6. The highest BCUT2D eigenvalue weighted by Gasteiger charge is 2.33. The molecule has 2 aliphatic carbocycles. The van der Waals surface area contributed by atoms with E-state index in [1.54, 1.807) is 0 Å². The lowest BCUT2D eigenvalue weighted by atomic mass is 9.82. The third-order valence-corrected chi connectivity index (χ3v) is 5.60. The molecule has 2 atom stereocenters. The predicted molar refractivity (Wildman–Crippen MR) is 96.7 cm³/mol. The Morgan fingerprint density at radius 3 is 2.42 bits per heavy atom. The van der Waals surface area contributed by atoms with Crippen LogP contribution >= 0.6 is 0 Å². The van der Waals surface area contributed by atoms with Gasteiger partial charge in [0.25, 0.3) is 5.91 Å². The Hall–Kier alpha value is -2.18. The minimum absolute atomic E-state index is 0.00985. The number of amides is 2. The number of nitrogens with one attached hydrogen (secondary N) is 2. The molecule has 7 heteroatoms. The molecule has 0 spiro atoms. The van der Waals surface area contributed by atoms with Gasteiger partial charge in [-0.2, -0.15) is 0 Å². The molecule has 2 aliphatic rings. The molecule has 1 heterocycles. The number of ether oxygens (including phenoxy) is 1. The average Bonchev–Trinajstić information content (AvgIpc) is 3.08. The van der Waals surface area contributed by atoms with E-state index < -0.39 is 0 Å². The Morgan fingerprint density at radius 1 is 1.04 bits per heavy atom. The van der Waals surface area contributed by atoms with Crippen molar-refractivity contribution < 1.29 is 14.3 Å². The SMILES string of the molecule is COc1cncc(C(=O)N[C@H]2CCC[C@H]2NC(=O)C2CCC(C)CC2)n1. The smallest absolute Gasteiger partial charge is 0.271 e. The normalized spacial score (nSPS) is 28.4. The highest BCUT2D eigenvalue weighted by atomic mass is 16.5. The van der Waals surface area contributed by atoms with Crippen molar-refractivity contribution in [3.63, 3.8) is 0 Å². The van der Waals surface area contributed by atoms with Gasteiger partial charge in [-0.05, 0) is 50.9 Å². The van der Waals surface area contributed by atoms with E-state index in [2.05, 4.69) is 27.5 Å². The number of hydrogen-bond donors (Lipinski definition) is 2. The maximum Gasteiger partial charge on any atom is 0.271 e. The molecule has 2 N–H and O–H groups in total. The van der Waals surface area contributed by atoms with Gasteiger partial charge < -0.3 is 15.4 Å². The van der Waals surface area contributed by atoms with E-state index in [0.717, 1.165) is 50.9 Å². The summed E-state index contributed by atoms with van der Waals surface area (Å²) in [7, 11) is 1.49. The van der Waals surface area contributed by atoms with E-state index in [9.17, 15) is 9.59 Å². The molecule has 0 bridgehead atoms. The van der Waals surface area contributed by atoms with Crippen LogP contribution in [0.2, 0.25) is 0 Å². The van der Waals surface area contributed by atoms with Crippen LogP contribution in [-0.4, -0.2) is 41.0 Å². The molecule has 0 unspecified atom stereocenters. The van der Waals surface area contributed by atoms with Gasteiger partial charge in [-0.15, -0.1) is 0 Å². The Morgan fingerprint density at radius 2 is 1.73 bits per heavy atom. The third-order valence-electron chi connectivity index (χ3n) is 5.60. The zero-order valence-corrected chi connectivity index (χ0v) is 15.5. The fourth-order valence-corrected chi connectivity index (χ4v) is 3.93. The van der Waals surface area contributed by atoms with Crippen molar-refractivity contribution in [3.05, 3.63) is 18.1 Å². The molecule has 3 rings (SSSR count). The van der Waals surface area contributed by atoms with Gasteiger partial charge in [0.1, 0.15) is 5.69 Å². The molecule has 2 saturated carbocycles. The first-order chi connectivity index (χ1) is 12.6. The Labute approximate surface area is 154 Å².